The molecule has 6 heterocycles. The molecule has 1 aliphatic heterocycles. The predicted molar refractivity (Wildman–Crippen MR) is 171 cm³/mol. The number of nitrogens with zero attached hydrogens (tertiary/aromatic N) is 11. The minimum atomic E-state index is -0.256. The van der Waals surface area contributed by atoms with Gasteiger partial charge >= 0.3 is 0 Å². The van der Waals surface area contributed by atoms with Crippen LogP contribution in [0.2, 0.25) is 0 Å². The number of fused-ring (bicyclic) bond motifs is 2. The lowest BCUT2D eigenvalue weighted by molar-refractivity contribution is 0.0745. The molecule has 0 spiro atoms. The monoisotopic (exact) mass is 634 g/mol. The number of amides is 2. The van der Waals surface area contributed by atoms with E-state index < -0.39 is 0 Å². The van der Waals surface area contributed by atoms with Crippen LogP contribution >= 0.6 is 0 Å². The quantitative estimate of drug-likeness (QED) is 0.192. The third kappa shape index (κ3) is 6.05. The zero-order valence-electron chi connectivity index (χ0n) is 25.2. The van der Waals surface area contributed by atoms with E-state index in [9.17, 15) is 9.59 Å². The molecule has 6 aromatic rings. The van der Waals surface area contributed by atoms with E-state index in [-0.39, 0.29) is 17.8 Å². The second-order valence-corrected chi connectivity index (χ2v) is 10.9. The number of benzene rings is 1. The van der Waals surface area contributed by atoms with Gasteiger partial charge in [-0.2, -0.15) is 10.1 Å². The van der Waals surface area contributed by atoms with Gasteiger partial charge in [-0.25, -0.2) is 34.6 Å². The summed E-state index contributed by atoms with van der Waals surface area (Å²) in [6.07, 6.45) is 10.3. The summed E-state index contributed by atoms with van der Waals surface area (Å²) in [5.41, 5.74) is 16.0. The van der Waals surface area contributed by atoms with Crippen molar-refractivity contribution in [2.75, 3.05) is 49.1 Å². The Morgan fingerprint density at radius 2 is 1.68 bits per heavy atom. The largest absolute Gasteiger partial charge is 0.424 e. The van der Waals surface area contributed by atoms with Gasteiger partial charge in [0.1, 0.15) is 29.7 Å². The summed E-state index contributed by atoms with van der Waals surface area (Å²) in [6.45, 7) is 3.19. The van der Waals surface area contributed by atoms with Gasteiger partial charge in [-0.1, -0.05) is 0 Å². The molecule has 1 aromatic carbocycles. The average molecular weight is 635 g/mol. The molecule has 238 valence electrons. The van der Waals surface area contributed by atoms with Crippen molar-refractivity contribution < 1.29 is 14.0 Å². The Morgan fingerprint density at radius 3 is 2.47 bits per heavy atom. The van der Waals surface area contributed by atoms with Crippen LogP contribution in [0.5, 0.6) is 0 Å². The number of nitrogens with one attached hydrogen (secondary N) is 1. The van der Waals surface area contributed by atoms with E-state index >= 15 is 0 Å². The van der Waals surface area contributed by atoms with Gasteiger partial charge < -0.3 is 31.0 Å². The van der Waals surface area contributed by atoms with Crippen molar-refractivity contribution in [3.05, 3.63) is 66.8 Å². The van der Waals surface area contributed by atoms with Gasteiger partial charge in [0.15, 0.2) is 11.2 Å². The first kappa shape index (κ1) is 29.5. The summed E-state index contributed by atoms with van der Waals surface area (Å²) in [7, 11) is 0. The van der Waals surface area contributed by atoms with Crippen molar-refractivity contribution in [2.45, 2.75) is 19.4 Å². The Hall–Kier alpha value is -6.26. The minimum Gasteiger partial charge on any atom is -0.424 e. The SMILES string of the molecule is Nc1nc2cc(-c3nn(CCCCNC(=O)c4cnc(N5CCN(C(=O)c6cncnc6)CC5)nc4)c4ncnc(N)c34)ccc2o1. The molecule has 2 amide bonds. The second-order valence-electron chi connectivity index (χ2n) is 10.9. The lowest BCUT2D eigenvalue weighted by atomic mass is 10.1. The number of hydrogen-bond acceptors (Lipinski definition) is 14. The number of oxazole rings is 1. The molecule has 0 atom stereocenters. The number of aryl methyl sites for hydroxylation is 1. The molecule has 0 unspecified atom stereocenters. The maximum atomic E-state index is 12.8. The molecule has 7 rings (SSSR count). The summed E-state index contributed by atoms with van der Waals surface area (Å²) >= 11 is 0. The highest BCUT2D eigenvalue weighted by atomic mass is 16.4. The van der Waals surface area contributed by atoms with Crippen LogP contribution in [0.1, 0.15) is 33.6 Å². The molecule has 0 aliphatic carbocycles. The maximum absolute atomic E-state index is 12.8. The molecule has 5 aromatic heterocycles. The number of carbonyl (C=O) groups excluding carboxylic acids is 2. The van der Waals surface area contributed by atoms with Gasteiger partial charge in [-0.15, -0.1) is 0 Å². The predicted octanol–water partition coefficient (Wildman–Crippen LogP) is 1.55. The normalized spacial score (nSPS) is 13.4. The van der Waals surface area contributed by atoms with E-state index in [4.69, 9.17) is 21.0 Å². The van der Waals surface area contributed by atoms with E-state index in [0.29, 0.717) is 96.4 Å². The van der Waals surface area contributed by atoms with Gasteiger partial charge in [0, 0.05) is 69.6 Å². The topological polar surface area (TPSA) is 226 Å². The van der Waals surface area contributed by atoms with Crippen molar-refractivity contribution in [1.82, 2.24) is 54.9 Å². The Labute approximate surface area is 267 Å². The van der Waals surface area contributed by atoms with E-state index in [0.717, 1.165) is 12.0 Å². The highest BCUT2D eigenvalue weighted by molar-refractivity contribution is 5.99. The molecular weight excluding hydrogens is 604 g/mol. The van der Waals surface area contributed by atoms with Gasteiger partial charge in [0.2, 0.25) is 5.95 Å². The first-order chi connectivity index (χ1) is 22.9. The number of piperazine rings is 1. The van der Waals surface area contributed by atoms with E-state index in [1.54, 1.807) is 15.6 Å². The van der Waals surface area contributed by atoms with Gasteiger partial charge in [0.25, 0.3) is 17.8 Å². The fraction of sp³-hybridized carbons (Fsp3) is 0.267. The standard InChI is InChI=1S/C30H30N14O3/c31-25-23-24(18-3-4-22-21(11-18)40-29(32)47-22)41-44(26(23)39-17-38-25)6-2-1-5-35-27(45)19-14-36-30(37-15-19)43-9-7-42(8-10-43)28(46)20-12-33-16-34-13-20/h3-4,11-17H,1-2,5-10H2,(H2,32,40)(H,35,45)(H2,31,38,39). The zero-order chi connectivity index (χ0) is 32.3. The number of nitrogen functional groups attached to an aromatic ring is 2. The number of unbranched alkanes of at least 4 members (excludes halogenated alkanes) is 1. The van der Waals surface area contributed by atoms with Gasteiger partial charge in [-0.05, 0) is 31.0 Å². The van der Waals surface area contributed by atoms with Crippen LogP contribution in [0.15, 0.2) is 60.1 Å². The van der Waals surface area contributed by atoms with Crippen LogP contribution in [0.3, 0.4) is 0 Å². The molecule has 0 saturated carbocycles. The fourth-order valence-electron chi connectivity index (χ4n) is 5.47. The fourth-order valence-corrected chi connectivity index (χ4v) is 5.47. The Kier molecular flexibility index (Phi) is 7.91. The number of carbonyl (C=O) groups is 2. The molecule has 1 aliphatic rings. The highest BCUT2D eigenvalue weighted by Crippen LogP contribution is 2.32. The summed E-state index contributed by atoms with van der Waals surface area (Å²) in [4.78, 5) is 58.6. The third-order valence-electron chi connectivity index (χ3n) is 7.88. The van der Waals surface area contributed by atoms with Crippen molar-refractivity contribution in [3.8, 4) is 11.3 Å². The number of aromatic nitrogens is 9. The second kappa shape index (κ2) is 12.6. The number of nitrogens with two attached hydrogens (primary N) is 2. The number of anilines is 3. The highest BCUT2D eigenvalue weighted by Gasteiger charge is 2.24. The summed E-state index contributed by atoms with van der Waals surface area (Å²) < 4.78 is 7.18. The van der Waals surface area contributed by atoms with Gasteiger partial charge in [-0.3, -0.25) is 9.59 Å². The van der Waals surface area contributed by atoms with Crippen LogP contribution < -0.4 is 21.7 Å². The van der Waals surface area contributed by atoms with Crippen LogP contribution in [-0.4, -0.2) is 94.1 Å². The first-order valence-electron chi connectivity index (χ1n) is 15.0. The Morgan fingerprint density at radius 1 is 0.894 bits per heavy atom. The molecule has 17 heteroatoms. The van der Waals surface area contributed by atoms with Crippen molar-refractivity contribution in [1.29, 1.82) is 0 Å². The molecule has 17 nitrogen and oxygen atoms in total. The minimum absolute atomic E-state index is 0.0902. The molecule has 0 radical (unpaired) electrons. The Bertz CT molecular complexity index is 2050. The van der Waals surface area contributed by atoms with Crippen molar-refractivity contribution in [2.24, 2.45) is 0 Å². The number of rotatable bonds is 9. The van der Waals surface area contributed by atoms with Crippen LogP contribution in [-0.2, 0) is 6.54 Å². The number of hydrogen-bond donors (Lipinski definition) is 3. The van der Waals surface area contributed by atoms with E-state index in [1.807, 2.05) is 17.0 Å². The first-order valence-corrected chi connectivity index (χ1v) is 15.0. The summed E-state index contributed by atoms with van der Waals surface area (Å²) in [5.74, 6) is 0.477. The molecule has 0 bridgehead atoms. The molecule has 5 N–H and O–H groups in total. The van der Waals surface area contributed by atoms with E-state index in [1.165, 1.54) is 37.4 Å². The van der Waals surface area contributed by atoms with Crippen molar-refractivity contribution >= 4 is 51.7 Å². The van der Waals surface area contributed by atoms with E-state index in [2.05, 4.69) is 40.2 Å². The van der Waals surface area contributed by atoms with Gasteiger partial charge in [0.05, 0.1) is 16.5 Å². The smallest absolute Gasteiger partial charge is 0.292 e. The summed E-state index contributed by atoms with van der Waals surface area (Å²) in [5, 5.41) is 8.38. The van der Waals surface area contributed by atoms with Crippen LogP contribution in [0, 0.1) is 0 Å². The van der Waals surface area contributed by atoms with Crippen LogP contribution in [0.4, 0.5) is 17.8 Å². The zero-order valence-corrected chi connectivity index (χ0v) is 25.2. The lowest BCUT2D eigenvalue weighted by Gasteiger charge is -2.34. The third-order valence-corrected chi connectivity index (χ3v) is 7.88. The molecule has 47 heavy (non-hydrogen) atoms. The Balaban J connectivity index is 0.912. The van der Waals surface area contributed by atoms with Crippen LogP contribution in [0.25, 0.3) is 33.4 Å². The van der Waals surface area contributed by atoms with Crippen molar-refractivity contribution in [3.63, 3.8) is 0 Å². The lowest BCUT2D eigenvalue weighted by Crippen LogP contribution is -2.49. The summed E-state index contributed by atoms with van der Waals surface area (Å²) in [6, 6.07) is 5.58. The average Bonchev–Trinajstić information content (AvgIpc) is 3.68. The molecular formula is C30H30N14O3. The molecule has 1 fully saturated rings. The maximum Gasteiger partial charge on any atom is 0.292 e. The molecule has 1 saturated heterocycles.